The van der Waals surface area contributed by atoms with E-state index in [0.717, 1.165) is 0 Å². The molecule has 0 aromatic heterocycles. The minimum absolute atomic E-state index is 0.0593. The SMILES string of the molecule is C1CC[CH]([Bi][CH]2CCCCC2)CC1. The first-order valence-corrected chi connectivity index (χ1v) is 10.2. The summed E-state index contributed by atoms with van der Waals surface area (Å²) in [6.45, 7) is 0. The Morgan fingerprint density at radius 3 is 1.31 bits per heavy atom. The standard InChI is InChI=1S/2C6H11.Bi/c2*1-2-4-6-5-3-1;/h2*1H,2-6H2;. The van der Waals surface area contributed by atoms with Gasteiger partial charge in [-0.05, 0) is 0 Å². The molecule has 13 heavy (non-hydrogen) atoms. The zero-order valence-electron chi connectivity index (χ0n) is 8.67. The molecule has 0 aromatic rings. The Morgan fingerprint density at radius 2 is 0.923 bits per heavy atom. The number of rotatable bonds is 2. The molecular formula is C12H22Bi. The minimum atomic E-state index is -0.0593. The molecule has 2 fully saturated rings. The summed E-state index contributed by atoms with van der Waals surface area (Å²) >= 11 is -0.0593. The van der Waals surface area contributed by atoms with Gasteiger partial charge in [-0.3, -0.25) is 0 Å². The Labute approximate surface area is 94.4 Å². The molecule has 75 valence electrons. The fraction of sp³-hybridized carbons (Fsp3) is 1.00. The molecular weight excluding hydrogens is 353 g/mol. The van der Waals surface area contributed by atoms with E-state index in [1.54, 1.807) is 64.2 Å². The van der Waals surface area contributed by atoms with Crippen molar-refractivity contribution in [1.82, 2.24) is 0 Å². The fourth-order valence-corrected chi connectivity index (χ4v) is 10.2. The van der Waals surface area contributed by atoms with E-state index in [4.69, 9.17) is 0 Å². The summed E-state index contributed by atoms with van der Waals surface area (Å²) < 4.78 is 2.61. The maximum absolute atomic E-state index is 1.63. The quantitative estimate of drug-likeness (QED) is 0.635. The van der Waals surface area contributed by atoms with Crippen molar-refractivity contribution in [3.05, 3.63) is 0 Å². The molecule has 1 radical (unpaired) electrons. The molecule has 0 spiro atoms. The average molecular weight is 375 g/mol. The van der Waals surface area contributed by atoms with Crippen LogP contribution in [0.3, 0.4) is 0 Å². The molecule has 0 saturated heterocycles. The van der Waals surface area contributed by atoms with Crippen LogP contribution in [0.2, 0.25) is 7.25 Å². The second-order valence-electron chi connectivity index (χ2n) is 4.73. The van der Waals surface area contributed by atoms with Crippen LogP contribution in [0.4, 0.5) is 0 Å². The van der Waals surface area contributed by atoms with E-state index >= 15 is 0 Å². The van der Waals surface area contributed by atoms with E-state index in [9.17, 15) is 0 Å². The zero-order valence-corrected chi connectivity index (χ0v) is 12.2. The normalized spacial score (nSPS) is 27.7. The van der Waals surface area contributed by atoms with Gasteiger partial charge in [0.1, 0.15) is 0 Å². The van der Waals surface area contributed by atoms with Gasteiger partial charge in [0.25, 0.3) is 0 Å². The van der Waals surface area contributed by atoms with Gasteiger partial charge in [-0.1, -0.05) is 0 Å². The summed E-state index contributed by atoms with van der Waals surface area (Å²) in [6.07, 6.45) is 15.9. The summed E-state index contributed by atoms with van der Waals surface area (Å²) in [5, 5.41) is 0. The molecule has 0 atom stereocenters. The van der Waals surface area contributed by atoms with Crippen molar-refractivity contribution in [2.75, 3.05) is 0 Å². The van der Waals surface area contributed by atoms with E-state index < -0.39 is 0 Å². The second kappa shape index (κ2) is 5.69. The van der Waals surface area contributed by atoms with Crippen molar-refractivity contribution in [1.29, 1.82) is 0 Å². The average Bonchev–Trinajstić information content (AvgIpc) is 2.21. The van der Waals surface area contributed by atoms with E-state index in [1.807, 2.05) is 0 Å². The van der Waals surface area contributed by atoms with Crippen LogP contribution in [0.25, 0.3) is 0 Å². The Bertz CT molecular complexity index is 116. The first kappa shape index (κ1) is 10.4. The van der Waals surface area contributed by atoms with E-state index in [-0.39, 0.29) is 23.2 Å². The Kier molecular flexibility index (Phi) is 4.55. The Balaban J connectivity index is 1.69. The van der Waals surface area contributed by atoms with Gasteiger partial charge in [-0.15, -0.1) is 0 Å². The topological polar surface area (TPSA) is 0 Å². The Hall–Kier alpha value is 0.883. The van der Waals surface area contributed by atoms with Crippen LogP contribution in [0.15, 0.2) is 0 Å². The van der Waals surface area contributed by atoms with Crippen LogP contribution in [0.5, 0.6) is 0 Å². The summed E-state index contributed by atoms with van der Waals surface area (Å²) in [5.41, 5.74) is 0. The van der Waals surface area contributed by atoms with Crippen molar-refractivity contribution in [3.8, 4) is 0 Å². The van der Waals surface area contributed by atoms with Crippen LogP contribution in [-0.4, -0.2) is 23.2 Å². The summed E-state index contributed by atoms with van der Waals surface area (Å²) in [6, 6.07) is 0. The molecule has 0 bridgehead atoms. The van der Waals surface area contributed by atoms with Crippen molar-refractivity contribution in [2.24, 2.45) is 0 Å². The van der Waals surface area contributed by atoms with Gasteiger partial charge in [0.15, 0.2) is 0 Å². The van der Waals surface area contributed by atoms with Crippen LogP contribution >= 0.6 is 0 Å². The van der Waals surface area contributed by atoms with E-state index in [0.29, 0.717) is 0 Å². The van der Waals surface area contributed by atoms with Gasteiger partial charge >= 0.3 is 94.7 Å². The molecule has 0 unspecified atom stereocenters. The van der Waals surface area contributed by atoms with Gasteiger partial charge in [-0.25, -0.2) is 0 Å². The monoisotopic (exact) mass is 375 g/mol. The van der Waals surface area contributed by atoms with Crippen LogP contribution in [0.1, 0.15) is 64.2 Å². The molecule has 2 rings (SSSR count). The van der Waals surface area contributed by atoms with E-state index in [1.165, 1.54) is 7.25 Å². The van der Waals surface area contributed by atoms with Gasteiger partial charge in [-0.2, -0.15) is 0 Å². The van der Waals surface area contributed by atoms with Gasteiger partial charge in [0, 0.05) is 0 Å². The molecule has 2 aliphatic rings. The molecule has 2 saturated carbocycles. The van der Waals surface area contributed by atoms with Gasteiger partial charge < -0.3 is 0 Å². The Morgan fingerprint density at radius 1 is 0.538 bits per heavy atom. The molecule has 0 aliphatic heterocycles. The van der Waals surface area contributed by atoms with Crippen molar-refractivity contribution >= 4 is 23.2 Å². The molecule has 0 heterocycles. The predicted molar refractivity (Wildman–Crippen MR) is 59.4 cm³/mol. The molecule has 0 amide bonds. The van der Waals surface area contributed by atoms with E-state index in [2.05, 4.69) is 0 Å². The van der Waals surface area contributed by atoms with Crippen molar-refractivity contribution in [2.45, 2.75) is 71.5 Å². The van der Waals surface area contributed by atoms with Crippen LogP contribution in [0, 0.1) is 0 Å². The maximum atomic E-state index is 1.63. The van der Waals surface area contributed by atoms with Crippen molar-refractivity contribution < 1.29 is 0 Å². The van der Waals surface area contributed by atoms with Crippen LogP contribution < -0.4 is 0 Å². The number of hydrogen-bond donors (Lipinski definition) is 0. The first-order chi connectivity index (χ1) is 6.45. The molecule has 0 aromatic carbocycles. The molecule has 0 N–H and O–H groups in total. The molecule has 2 aliphatic carbocycles. The van der Waals surface area contributed by atoms with Gasteiger partial charge in [0.2, 0.25) is 0 Å². The molecule has 0 nitrogen and oxygen atoms in total. The van der Waals surface area contributed by atoms with Crippen molar-refractivity contribution in [3.63, 3.8) is 0 Å². The third-order valence-electron chi connectivity index (χ3n) is 3.57. The molecule has 1 heteroatoms. The fourth-order valence-electron chi connectivity index (χ4n) is 2.76. The third kappa shape index (κ3) is 3.50. The summed E-state index contributed by atoms with van der Waals surface area (Å²) in [4.78, 5) is 0. The summed E-state index contributed by atoms with van der Waals surface area (Å²) in [5.74, 6) is 0. The number of hydrogen-bond acceptors (Lipinski definition) is 0. The first-order valence-electron chi connectivity index (χ1n) is 6.15. The van der Waals surface area contributed by atoms with Crippen LogP contribution in [-0.2, 0) is 0 Å². The third-order valence-corrected chi connectivity index (χ3v) is 10.9. The second-order valence-corrected chi connectivity index (χ2v) is 11.6. The zero-order chi connectivity index (χ0) is 8.93. The van der Waals surface area contributed by atoms with Gasteiger partial charge in [0.05, 0.1) is 0 Å². The predicted octanol–water partition coefficient (Wildman–Crippen LogP) is 4.20. The summed E-state index contributed by atoms with van der Waals surface area (Å²) in [7, 11) is 0.